The van der Waals surface area contributed by atoms with Crippen LogP contribution in [0.5, 0.6) is 0 Å². The Kier molecular flexibility index (Phi) is 62.2. The van der Waals surface area contributed by atoms with Crippen LogP contribution in [0.15, 0.2) is 85.1 Å². The molecular weight excluding hydrogens is 949 g/mol. The van der Waals surface area contributed by atoms with Gasteiger partial charge in [0.25, 0.3) is 0 Å². The molecule has 0 heterocycles. The van der Waals surface area contributed by atoms with Gasteiger partial charge in [0.05, 0.1) is 0 Å². The Morgan fingerprint density at radius 1 is 0.273 bits per heavy atom. The first kappa shape index (κ1) is 73.6. The van der Waals surface area contributed by atoms with Crippen molar-refractivity contribution in [3.8, 4) is 0 Å². The molecule has 0 aromatic rings. The van der Waals surface area contributed by atoms with Gasteiger partial charge in [0.1, 0.15) is 13.2 Å². The van der Waals surface area contributed by atoms with Gasteiger partial charge in [-0.05, 0) is 109 Å². The van der Waals surface area contributed by atoms with Crippen LogP contribution in [0.4, 0.5) is 0 Å². The molecule has 0 rings (SSSR count). The summed E-state index contributed by atoms with van der Waals surface area (Å²) in [5, 5.41) is 0. The molecule has 0 aromatic carbocycles. The van der Waals surface area contributed by atoms with Gasteiger partial charge < -0.3 is 14.2 Å². The van der Waals surface area contributed by atoms with Crippen molar-refractivity contribution in [3.63, 3.8) is 0 Å². The maximum atomic E-state index is 12.9. The molecule has 444 valence electrons. The van der Waals surface area contributed by atoms with Crippen LogP contribution in [0.1, 0.15) is 329 Å². The van der Waals surface area contributed by atoms with Crippen molar-refractivity contribution >= 4 is 17.9 Å². The highest BCUT2D eigenvalue weighted by molar-refractivity contribution is 5.71. The monoisotopic (exact) mass is 1070 g/mol. The molecule has 0 N–H and O–H groups in total. The molecule has 1 atom stereocenters. The second kappa shape index (κ2) is 65.1. The maximum absolute atomic E-state index is 12.9. The molecule has 6 heteroatoms. The van der Waals surface area contributed by atoms with Crippen LogP contribution in [0.25, 0.3) is 0 Å². The molecule has 77 heavy (non-hydrogen) atoms. The highest BCUT2D eigenvalue weighted by atomic mass is 16.6. The highest BCUT2D eigenvalue weighted by Gasteiger charge is 2.19. The fourth-order valence-corrected chi connectivity index (χ4v) is 9.39. The first-order chi connectivity index (χ1) is 38.0. The third-order valence-corrected chi connectivity index (χ3v) is 14.4. The lowest BCUT2D eigenvalue weighted by Crippen LogP contribution is -2.30. The van der Waals surface area contributed by atoms with Crippen molar-refractivity contribution in [1.29, 1.82) is 0 Å². The predicted octanol–water partition coefficient (Wildman–Crippen LogP) is 22.7. The number of esters is 3. The molecule has 0 amide bonds. The number of ether oxygens (including phenoxy) is 3. The van der Waals surface area contributed by atoms with Gasteiger partial charge in [-0.3, -0.25) is 14.4 Å². The molecule has 0 radical (unpaired) electrons. The third-order valence-electron chi connectivity index (χ3n) is 14.4. The van der Waals surface area contributed by atoms with E-state index in [0.29, 0.717) is 12.8 Å². The van der Waals surface area contributed by atoms with Crippen molar-refractivity contribution in [2.45, 2.75) is 335 Å². The van der Waals surface area contributed by atoms with Crippen LogP contribution >= 0.6 is 0 Å². The van der Waals surface area contributed by atoms with Crippen molar-refractivity contribution < 1.29 is 28.6 Å². The summed E-state index contributed by atoms with van der Waals surface area (Å²) < 4.78 is 16.9. The fraction of sp³-hybridized carbons (Fsp3) is 0.761. The smallest absolute Gasteiger partial charge is 0.306 e. The Labute approximate surface area is 477 Å². The number of carbonyl (C=O) groups excluding carboxylic acids is 3. The van der Waals surface area contributed by atoms with Crippen molar-refractivity contribution in [2.75, 3.05) is 13.2 Å². The Bertz CT molecular complexity index is 1470. The zero-order valence-electron chi connectivity index (χ0n) is 51.0. The Hall–Kier alpha value is -3.41. The molecule has 0 aliphatic rings. The zero-order chi connectivity index (χ0) is 55.7. The molecule has 0 spiro atoms. The van der Waals surface area contributed by atoms with Gasteiger partial charge in [0, 0.05) is 19.3 Å². The van der Waals surface area contributed by atoms with Gasteiger partial charge in [0.2, 0.25) is 0 Å². The van der Waals surface area contributed by atoms with Gasteiger partial charge in [-0.15, -0.1) is 0 Å². The van der Waals surface area contributed by atoms with E-state index in [1.54, 1.807) is 0 Å². The average Bonchev–Trinajstić information content (AvgIpc) is 3.43. The van der Waals surface area contributed by atoms with E-state index >= 15 is 0 Å². The van der Waals surface area contributed by atoms with Crippen LogP contribution in [-0.4, -0.2) is 37.2 Å². The van der Waals surface area contributed by atoms with Crippen molar-refractivity contribution in [1.82, 2.24) is 0 Å². The summed E-state index contributed by atoms with van der Waals surface area (Å²) >= 11 is 0. The molecule has 1 unspecified atom stereocenters. The van der Waals surface area contributed by atoms with E-state index in [-0.39, 0.29) is 37.5 Å². The Balaban J connectivity index is 4.22. The standard InChI is InChI=1S/C71H124O6/c1-4-7-10-13-16-19-22-24-26-28-30-31-32-33-34-35-36-37-38-39-41-42-44-46-49-52-55-58-61-64-70(73)76-67-68(66-75-69(72)63-60-57-54-51-48-21-18-15-12-9-6-3)77-71(74)65-62-59-56-53-50-47-45-43-40-29-27-25-23-20-17-14-11-8-5-2/h8,11,15,17-18,20,25,27-28,30,40,43,47,50,68H,4-7,9-10,12-14,16,19,21-24,26,29,31-39,41-42,44-46,48-49,51-67H2,1-3H3/b11-8-,18-15-,20-17-,27-25-,30-28-,43-40-,50-47-. The number of allylic oxidation sites excluding steroid dienone is 14. The van der Waals surface area contributed by atoms with E-state index in [4.69, 9.17) is 14.2 Å². The van der Waals surface area contributed by atoms with Crippen molar-refractivity contribution in [3.05, 3.63) is 85.1 Å². The molecule has 0 bridgehead atoms. The molecule has 0 fully saturated rings. The average molecular weight is 1070 g/mol. The van der Waals surface area contributed by atoms with E-state index in [0.717, 1.165) is 103 Å². The largest absolute Gasteiger partial charge is 0.462 e. The van der Waals surface area contributed by atoms with Gasteiger partial charge in [-0.25, -0.2) is 0 Å². The first-order valence-electron chi connectivity index (χ1n) is 33.1. The Morgan fingerprint density at radius 2 is 0.519 bits per heavy atom. The number of rotatable bonds is 60. The van der Waals surface area contributed by atoms with Crippen LogP contribution in [0.2, 0.25) is 0 Å². The van der Waals surface area contributed by atoms with E-state index in [1.165, 1.54) is 186 Å². The second-order valence-corrected chi connectivity index (χ2v) is 22.0. The van der Waals surface area contributed by atoms with Gasteiger partial charge in [-0.1, -0.05) is 286 Å². The number of carbonyl (C=O) groups is 3. The van der Waals surface area contributed by atoms with Gasteiger partial charge in [0.15, 0.2) is 6.10 Å². The number of hydrogen-bond acceptors (Lipinski definition) is 6. The fourth-order valence-electron chi connectivity index (χ4n) is 9.39. The Morgan fingerprint density at radius 3 is 0.857 bits per heavy atom. The SMILES string of the molecule is CC/C=C\C/C=C\C/C=C\C/C=C\C/C=C\CCCCCC(=O)OC(COC(=O)CCCCCCC/C=C\CCCC)COC(=O)CCCCCCCCCCCCCCCCCCC/C=C\CCCCCCCCCC. The minimum absolute atomic E-state index is 0.0907. The van der Waals surface area contributed by atoms with E-state index in [2.05, 4.69) is 106 Å². The van der Waals surface area contributed by atoms with E-state index in [9.17, 15) is 14.4 Å². The lowest BCUT2D eigenvalue weighted by Gasteiger charge is -2.18. The van der Waals surface area contributed by atoms with Gasteiger partial charge >= 0.3 is 17.9 Å². The summed E-state index contributed by atoms with van der Waals surface area (Å²) in [6.45, 7) is 6.48. The third kappa shape index (κ3) is 63.3. The normalized spacial score (nSPS) is 12.6. The summed E-state index contributed by atoms with van der Waals surface area (Å²) in [5.41, 5.74) is 0. The zero-order valence-corrected chi connectivity index (χ0v) is 51.0. The molecular formula is C71H124O6. The highest BCUT2D eigenvalue weighted by Crippen LogP contribution is 2.17. The van der Waals surface area contributed by atoms with Crippen LogP contribution in [-0.2, 0) is 28.6 Å². The minimum atomic E-state index is -0.797. The van der Waals surface area contributed by atoms with Gasteiger partial charge in [-0.2, -0.15) is 0 Å². The summed E-state index contributed by atoms with van der Waals surface area (Å²) in [5.74, 6) is -0.922. The second-order valence-electron chi connectivity index (χ2n) is 22.0. The molecule has 0 saturated heterocycles. The summed E-state index contributed by atoms with van der Waals surface area (Å²) in [6.07, 6.45) is 86.2. The van der Waals surface area contributed by atoms with E-state index < -0.39 is 6.10 Å². The molecule has 0 aliphatic heterocycles. The predicted molar refractivity (Wildman–Crippen MR) is 334 cm³/mol. The number of unbranched alkanes of at least 4 members (excludes halogenated alkanes) is 35. The quantitative estimate of drug-likeness (QED) is 0.0261. The maximum Gasteiger partial charge on any atom is 0.306 e. The molecule has 6 nitrogen and oxygen atoms in total. The van der Waals surface area contributed by atoms with Crippen LogP contribution in [0, 0.1) is 0 Å². The van der Waals surface area contributed by atoms with Crippen LogP contribution in [0.3, 0.4) is 0 Å². The summed E-state index contributed by atoms with van der Waals surface area (Å²) in [4.78, 5) is 38.2. The first-order valence-corrected chi connectivity index (χ1v) is 33.1. The topological polar surface area (TPSA) is 78.9 Å². The molecule has 0 saturated carbocycles. The van der Waals surface area contributed by atoms with Crippen LogP contribution < -0.4 is 0 Å². The summed E-state index contributed by atoms with van der Waals surface area (Å²) in [6, 6.07) is 0. The lowest BCUT2D eigenvalue weighted by molar-refractivity contribution is -0.167. The van der Waals surface area contributed by atoms with Crippen molar-refractivity contribution in [2.24, 2.45) is 0 Å². The minimum Gasteiger partial charge on any atom is -0.462 e. The summed E-state index contributed by atoms with van der Waals surface area (Å²) in [7, 11) is 0. The van der Waals surface area contributed by atoms with E-state index in [1.807, 2.05) is 0 Å². The molecule has 0 aliphatic carbocycles. The number of hydrogen-bond donors (Lipinski definition) is 0. The molecule has 0 aromatic heterocycles. The lowest BCUT2D eigenvalue weighted by atomic mass is 10.0.